The number of aliphatic hydroxyl groups excluding tert-OH is 1. The largest absolute Gasteiger partial charge is 0.489 e. The number of benzene rings is 1. The van der Waals surface area contributed by atoms with E-state index >= 15 is 0 Å². The van der Waals surface area contributed by atoms with E-state index in [0.717, 1.165) is 16.9 Å². The smallest absolute Gasteiger partial charge is 0.121 e. The maximum atomic E-state index is 8.64. The van der Waals surface area contributed by atoms with Crippen LogP contribution in [0.1, 0.15) is 11.1 Å². The number of hydrogen-bond acceptors (Lipinski definition) is 3. The molecule has 0 aliphatic carbocycles. The van der Waals surface area contributed by atoms with Crippen molar-refractivity contribution in [2.24, 2.45) is 0 Å². The third-order valence-electron chi connectivity index (χ3n) is 2.30. The number of aliphatic hydroxyl groups is 1. The van der Waals surface area contributed by atoms with E-state index in [0.29, 0.717) is 6.61 Å². The third kappa shape index (κ3) is 3.62. The lowest BCUT2D eigenvalue weighted by molar-refractivity contribution is 0.306. The molecule has 90 valence electrons. The second kappa shape index (κ2) is 6.43. The van der Waals surface area contributed by atoms with E-state index in [4.69, 9.17) is 9.84 Å². The van der Waals surface area contributed by atoms with Crippen molar-refractivity contribution >= 4 is 0 Å². The zero-order chi connectivity index (χ0) is 12.6. The lowest BCUT2D eigenvalue weighted by atomic mass is 10.2. The number of pyridine rings is 1. The van der Waals surface area contributed by atoms with Gasteiger partial charge in [0.2, 0.25) is 0 Å². The molecule has 0 atom stereocenters. The fraction of sp³-hybridized carbons (Fsp3) is 0.133. The molecule has 1 aromatic heterocycles. The van der Waals surface area contributed by atoms with Gasteiger partial charge in [-0.1, -0.05) is 17.9 Å². The molecule has 0 amide bonds. The van der Waals surface area contributed by atoms with Crippen molar-refractivity contribution in [1.29, 1.82) is 0 Å². The summed E-state index contributed by atoms with van der Waals surface area (Å²) >= 11 is 0. The van der Waals surface area contributed by atoms with Crippen molar-refractivity contribution in [3.05, 3.63) is 59.9 Å². The van der Waals surface area contributed by atoms with Crippen molar-refractivity contribution in [2.75, 3.05) is 6.61 Å². The molecule has 0 aliphatic rings. The van der Waals surface area contributed by atoms with Gasteiger partial charge in [-0.05, 0) is 35.9 Å². The summed E-state index contributed by atoms with van der Waals surface area (Å²) in [5.41, 5.74) is 1.90. The molecule has 2 rings (SSSR count). The summed E-state index contributed by atoms with van der Waals surface area (Å²) in [6, 6.07) is 11.3. The van der Waals surface area contributed by atoms with Gasteiger partial charge in [0, 0.05) is 18.0 Å². The summed E-state index contributed by atoms with van der Waals surface area (Å²) in [6.07, 6.45) is 3.48. The molecule has 2 aromatic rings. The molecule has 0 aliphatic heterocycles. The molecule has 0 saturated carbocycles. The highest BCUT2D eigenvalue weighted by molar-refractivity contribution is 5.39. The van der Waals surface area contributed by atoms with Crippen molar-refractivity contribution in [1.82, 2.24) is 4.98 Å². The van der Waals surface area contributed by atoms with Gasteiger partial charge < -0.3 is 9.84 Å². The average molecular weight is 239 g/mol. The van der Waals surface area contributed by atoms with Crippen LogP contribution in [0, 0.1) is 11.8 Å². The van der Waals surface area contributed by atoms with Crippen molar-refractivity contribution < 1.29 is 9.84 Å². The average Bonchev–Trinajstić information content (AvgIpc) is 2.44. The first-order valence-electron chi connectivity index (χ1n) is 5.60. The Kier molecular flexibility index (Phi) is 4.34. The molecule has 1 aromatic carbocycles. The van der Waals surface area contributed by atoms with E-state index in [9.17, 15) is 0 Å². The van der Waals surface area contributed by atoms with Crippen LogP contribution in [0.15, 0.2) is 48.8 Å². The summed E-state index contributed by atoms with van der Waals surface area (Å²) < 4.78 is 5.65. The highest BCUT2D eigenvalue weighted by atomic mass is 16.5. The van der Waals surface area contributed by atoms with Crippen LogP contribution in [-0.4, -0.2) is 16.7 Å². The van der Waals surface area contributed by atoms with E-state index in [2.05, 4.69) is 16.8 Å². The Hall–Kier alpha value is -2.31. The minimum atomic E-state index is -0.137. The fourth-order valence-electron chi connectivity index (χ4n) is 1.45. The summed E-state index contributed by atoms with van der Waals surface area (Å²) in [4.78, 5) is 3.95. The van der Waals surface area contributed by atoms with Crippen LogP contribution >= 0.6 is 0 Å². The van der Waals surface area contributed by atoms with Gasteiger partial charge in [0.15, 0.2) is 0 Å². The SMILES string of the molecule is OCC#Cc1cccc(OCc2ccncc2)c1. The molecule has 1 N–H and O–H groups in total. The van der Waals surface area contributed by atoms with Crippen molar-refractivity contribution in [2.45, 2.75) is 6.61 Å². The second-order valence-corrected chi connectivity index (χ2v) is 3.63. The lowest BCUT2D eigenvalue weighted by Gasteiger charge is -2.06. The monoisotopic (exact) mass is 239 g/mol. The van der Waals surface area contributed by atoms with Crippen molar-refractivity contribution in [3.63, 3.8) is 0 Å². The molecule has 1 heterocycles. The number of ether oxygens (including phenoxy) is 1. The van der Waals surface area contributed by atoms with Crippen LogP contribution in [0.2, 0.25) is 0 Å². The molecule has 3 nitrogen and oxygen atoms in total. The maximum Gasteiger partial charge on any atom is 0.121 e. The van der Waals surface area contributed by atoms with E-state index in [-0.39, 0.29) is 6.61 Å². The Morgan fingerprint density at radius 1 is 1.17 bits per heavy atom. The first kappa shape index (κ1) is 12.2. The van der Waals surface area contributed by atoms with Crippen LogP contribution in [-0.2, 0) is 6.61 Å². The van der Waals surface area contributed by atoms with Gasteiger partial charge in [-0.2, -0.15) is 0 Å². The molecule has 0 unspecified atom stereocenters. The zero-order valence-corrected chi connectivity index (χ0v) is 9.84. The summed E-state index contributed by atoms with van der Waals surface area (Å²) in [5, 5.41) is 8.64. The topological polar surface area (TPSA) is 42.4 Å². The van der Waals surface area contributed by atoms with Gasteiger partial charge in [0.05, 0.1) is 0 Å². The van der Waals surface area contributed by atoms with Gasteiger partial charge >= 0.3 is 0 Å². The minimum Gasteiger partial charge on any atom is -0.489 e. The van der Waals surface area contributed by atoms with Gasteiger partial charge in [-0.15, -0.1) is 0 Å². The van der Waals surface area contributed by atoms with Gasteiger partial charge in [0.25, 0.3) is 0 Å². The quantitative estimate of drug-likeness (QED) is 0.833. The Labute approximate surface area is 106 Å². The molecule has 0 fully saturated rings. The van der Waals surface area contributed by atoms with Crippen molar-refractivity contribution in [3.8, 4) is 17.6 Å². The van der Waals surface area contributed by atoms with Gasteiger partial charge in [-0.25, -0.2) is 0 Å². The normalized spacial score (nSPS) is 9.39. The van der Waals surface area contributed by atoms with E-state index < -0.39 is 0 Å². The van der Waals surface area contributed by atoms with Crippen LogP contribution in [0.25, 0.3) is 0 Å². The highest BCUT2D eigenvalue weighted by Crippen LogP contribution is 2.14. The van der Waals surface area contributed by atoms with Crippen LogP contribution in [0.3, 0.4) is 0 Å². The third-order valence-corrected chi connectivity index (χ3v) is 2.30. The number of hydrogen-bond donors (Lipinski definition) is 1. The molecule has 18 heavy (non-hydrogen) atoms. The first-order chi connectivity index (χ1) is 8.88. The molecule has 0 spiro atoms. The van der Waals surface area contributed by atoms with E-state index in [1.807, 2.05) is 36.4 Å². The Bertz CT molecular complexity index is 555. The number of aromatic nitrogens is 1. The highest BCUT2D eigenvalue weighted by Gasteiger charge is 1.96. The molecule has 0 bridgehead atoms. The predicted octanol–water partition coefficient (Wildman–Crippen LogP) is 2.00. The fourth-order valence-corrected chi connectivity index (χ4v) is 1.45. The Morgan fingerprint density at radius 2 is 2.00 bits per heavy atom. The molecule has 0 radical (unpaired) electrons. The van der Waals surface area contributed by atoms with E-state index in [1.165, 1.54) is 0 Å². The van der Waals surface area contributed by atoms with Gasteiger partial charge in [-0.3, -0.25) is 4.98 Å². The molecular formula is C15H13NO2. The van der Waals surface area contributed by atoms with Crippen LogP contribution < -0.4 is 4.74 Å². The summed E-state index contributed by atoms with van der Waals surface area (Å²) in [5.74, 6) is 6.21. The van der Waals surface area contributed by atoms with E-state index in [1.54, 1.807) is 12.4 Å². The first-order valence-corrected chi connectivity index (χ1v) is 5.60. The lowest BCUT2D eigenvalue weighted by Crippen LogP contribution is -1.95. The Morgan fingerprint density at radius 3 is 2.78 bits per heavy atom. The zero-order valence-electron chi connectivity index (χ0n) is 9.84. The van der Waals surface area contributed by atoms with Gasteiger partial charge in [0.1, 0.15) is 19.0 Å². The number of rotatable bonds is 3. The number of nitrogens with zero attached hydrogens (tertiary/aromatic N) is 1. The summed E-state index contributed by atoms with van der Waals surface area (Å²) in [7, 11) is 0. The minimum absolute atomic E-state index is 0.137. The van der Waals surface area contributed by atoms with Crippen LogP contribution in [0.5, 0.6) is 5.75 Å². The Balaban J connectivity index is 2.01. The maximum absolute atomic E-state index is 8.64. The molecule has 3 heteroatoms. The standard InChI is InChI=1S/C15H13NO2/c17-10-2-4-13-3-1-5-15(11-13)18-12-14-6-8-16-9-7-14/h1,3,5-9,11,17H,10,12H2. The predicted molar refractivity (Wildman–Crippen MR) is 69.0 cm³/mol. The molecule has 0 saturated heterocycles. The molecular weight excluding hydrogens is 226 g/mol. The van der Waals surface area contributed by atoms with Crippen LogP contribution in [0.4, 0.5) is 0 Å². The second-order valence-electron chi connectivity index (χ2n) is 3.63. The summed E-state index contributed by atoms with van der Waals surface area (Å²) in [6.45, 7) is 0.363.